The molecule has 1 N–H and O–H groups in total. The highest BCUT2D eigenvalue weighted by molar-refractivity contribution is 6.30. The summed E-state index contributed by atoms with van der Waals surface area (Å²) in [5.74, 6) is -2.63. The molecule has 6 atom stereocenters. The van der Waals surface area contributed by atoms with Crippen molar-refractivity contribution in [2.24, 2.45) is 17.8 Å². The molecule has 208 valence electrons. The summed E-state index contributed by atoms with van der Waals surface area (Å²) in [7, 11) is 0. The molecule has 3 fully saturated rings. The van der Waals surface area contributed by atoms with E-state index in [-0.39, 0.29) is 37.5 Å². The van der Waals surface area contributed by atoms with Gasteiger partial charge in [-0.1, -0.05) is 38.4 Å². The number of benzene rings is 1. The Kier molecular flexibility index (Phi) is 8.26. The van der Waals surface area contributed by atoms with Crippen molar-refractivity contribution in [2.75, 3.05) is 24.7 Å². The quantitative estimate of drug-likeness (QED) is 0.333. The number of anilines is 1. The molecule has 0 aliphatic carbocycles. The molecule has 4 rings (SSSR count). The SMILES string of the molecule is C=CCN(C(=O)C1N([C@@H](CO)CC(C)C)C(=O)[C@@H]2[C@@H](C(=O)OCC)[C@@]3(CC)CCC12O3)c1ccc(Cl)cc1. The number of carbonyl (C=O) groups excluding carboxylic acids is 3. The van der Waals surface area contributed by atoms with Crippen LogP contribution in [0, 0.1) is 17.8 Å². The van der Waals surface area contributed by atoms with E-state index in [9.17, 15) is 19.5 Å². The van der Waals surface area contributed by atoms with Gasteiger partial charge < -0.3 is 24.4 Å². The zero-order valence-corrected chi connectivity index (χ0v) is 23.4. The summed E-state index contributed by atoms with van der Waals surface area (Å²) in [5.41, 5.74) is -1.46. The maximum absolute atomic E-state index is 14.6. The molecular weight excluding hydrogens is 508 g/mol. The first-order valence-corrected chi connectivity index (χ1v) is 14.0. The lowest BCUT2D eigenvalue weighted by atomic mass is 9.65. The molecular formula is C29H39ClN2O6. The smallest absolute Gasteiger partial charge is 0.312 e. The van der Waals surface area contributed by atoms with Crippen molar-refractivity contribution in [3.05, 3.63) is 41.9 Å². The van der Waals surface area contributed by atoms with Gasteiger partial charge in [-0.05, 0) is 62.8 Å². The highest BCUT2D eigenvalue weighted by Crippen LogP contribution is 2.65. The lowest BCUT2D eigenvalue weighted by Crippen LogP contribution is -2.59. The van der Waals surface area contributed by atoms with E-state index in [1.165, 1.54) is 4.90 Å². The van der Waals surface area contributed by atoms with Crippen LogP contribution in [0.15, 0.2) is 36.9 Å². The first-order chi connectivity index (χ1) is 18.1. The Bertz CT molecular complexity index is 1080. The van der Waals surface area contributed by atoms with E-state index in [1.807, 2.05) is 20.8 Å². The lowest BCUT2D eigenvalue weighted by molar-refractivity contribution is -0.161. The number of esters is 1. The number of likely N-dealkylation sites (tertiary alicyclic amines) is 1. The van der Waals surface area contributed by atoms with Gasteiger partial charge in [0.25, 0.3) is 5.91 Å². The van der Waals surface area contributed by atoms with Crippen molar-refractivity contribution in [2.45, 2.75) is 76.7 Å². The number of amides is 2. The average molecular weight is 547 g/mol. The van der Waals surface area contributed by atoms with Gasteiger partial charge >= 0.3 is 5.97 Å². The van der Waals surface area contributed by atoms with Crippen LogP contribution >= 0.6 is 11.6 Å². The minimum atomic E-state index is -1.20. The Morgan fingerprint density at radius 2 is 1.97 bits per heavy atom. The van der Waals surface area contributed by atoms with Crippen molar-refractivity contribution in [1.82, 2.24) is 4.90 Å². The third-order valence-corrected chi connectivity index (χ3v) is 8.71. The molecule has 2 unspecified atom stereocenters. The van der Waals surface area contributed by atoms with Crippen molar-refractivity contribution >= 4 is 35.1 Å². The fourth-order valence-corrected chi connectivity index (χ4v) is 7.09. The van der Waals surface area contributed by atoms with E-state index in [0.717, 1.165) is 0 Å². The predicted octanol–water partition coefficient (Wildman–Crippen LogP) is 3.98. The standard InChI is InChI=1S/C29H39ClN2O6/c1-6-15-31(20-11-9-19(30)10-12-20)26(35)24-29-14-13-28(7-2,38-29)23(27(36)37-8-3)22(29)25(34)32(24)21(17-33)16-18(4)5/h6,9-12,18,21-24,33H,1,7-8,13-17H2,2-5H3/t21-,22+,23+,24?,28-,29?/m1/s1. The van der Waals surface area contributed by atoms with Crippen LogP contribution in [-0.4, -0.2) is 70.8 Å². The van der Waals surface area contributed by atoms with Crippen molar-refractivity contribution in [3.63, 3.8) is 0 Å². The number of carbonyl (C=O) groups is 3. The zero-order chi connectivity index (χ0) is 27.8. The molecule has 3 aliphatic heterocycles. The summed E-state index contributed by atoms with van der Waals surface area (Å²) >= 11 is 6.11. The Morgan fingerprint density at radius 3 is 2.53 bits per heavy atom. The second-order valence-corrected chi connectivity index (χ2v) is 11.4. The molecule has 2 amide bonds. The highest BCUT2D eigenvalue weighted by atomic mass is 35.5. The monoisotopic (exact) mass is 546 g/mol. The van der Waals surface area contributed by atoms with Gasteiger partial charge in [0.2, 0.25) is 5.91 Å². The Balaban J connectivity index is 1.87. The van der Waals surface area contributed by atoms with Crippen molar-refractivity contribution in [1.29, 1.82) is 0 Å². The van der Waals surface area contributed by atoms with E-state index >= 15 is 0 Å². The largest absolute Gasteiger partial charge is 0.466 e. The van der Waals surface area contributed by atoms with Gasteiger partial charge in [0.1, 0.15) is 17.6 Å². The van der Waals surface area contributed by atoms with Crippen molar-refractivity contribution in [3.8, 4) is 0 Å². The minimum absolute atomic E-state index is 0.161. The van der Waals surface area contributed by atoms with E-state index in [4.69, 9.17) is 21.1 Å². The van der Waals surface area contributed by atoms with Gasteiger partial charge in [0, 0.05) is 17.3 Å². The van der Waals surface area contributed by atoms with Crippen molar-refractivity contribution < 1.29 is 29.0 Å². The Morgan fingerprint density at radius 1 is 1.29 bits per heavy atom. The summed E-state index contributed by atoms with van der Waals surface area (Å²) in [6, 6.07) is 5.29. The molecule has 1 spiro atoms. The highest BCUT2D eigenvalue weighted by Gasteiger charge is 2.79. The number of aliphatic hydroxyl groups is 1. The van der Waals surface area contributed by atoms with Gasteiger partial charge in [0.05, 0.1) is 30.8 Å². The third-order valence-electron chi connectivity index (χ3n) is 8.46. The third kappa shape index (κ3) is 4.44. The minimum Gasteiger partial charge on any atom is -0.466 e. The molecule has 9 heteroatoms. The molecule has 3 heterocycles. The first-order valence-electron chi connectivity index (χ1n) is 13.6. The van der Waals surface area contributed by atoms with E-state index in [2.05, 4.69) is 6.58 Å². The van der Waals surface area contributed by atoms with Gasteiger partial charge in [0.15, 0.2) is 0 Å². The second kappa shape index (κ2) is 11.0. The molecule has 1 aromatic rings. The number of hydrogen-bond acceptors (Lipinski definition) is 6. The van der Waals surface area contributed by atoms with E-state index in [1.54, 1.807) is 42.2 Å². The van der Waals surface area contributed by atoms with E-state index < -0.39 is 41.1 Å². The van der Waals surface area contributed by atoms with Gasteiger partial charge in [-0.3, -0.25) is 14.4 Å². The number of halogens is 1. The number of nitrogens with zero attached hydrogens (tertiary/aromatic N) is 2. The number of rotatable bonds is 11. The number of fused-ring (bicyclic) bond motifs is 1. The molecule has 0 radical (unpaired) electrons. The fraction of sp³-hybridized carbons (Fsp3) is 0.621. The molecule has 3 saturated heterocycles. The van der Waals surface area contributed by atoms with E-state index in [0.29, 0.717) is 36.4 Å². The number of aliphatic hydroxyl groups excluding tert-OH is 1. The van der Waals surface area contributed by atoms with Crippen LogP contribution in [-0.2, 0) is 23.9 Å². The van der Waals surface area contributed by atoms with Gasteiger partial charge in [-0.25, -0.2) is 0 Å². The summed E-state index contributed by atoms with van der Waals surface area (Å²) in [6.45, 7) is 11.6. The predicted molar refractivity (Wildman–Crippen MR) is 145 cm³/mol. The second-order valence-electron chi connectivity index (χ2n) is 11.0. The molecule has 8 nitrogen and oxygen atoms in total. The number of ether oxygens (including phenoxy) is 2. The summed E-state index contributed by atoms with van der Waals surface area (Å²) in [4.78, 5) is 45.3. The van der Waals surface area contributed by atoms with Crippen LogP contribution in [0.3, 0.4) is 0 Å². The Hall–Kier alpha value is -2.42. The molecule has 2 bridgehead atoms. The molecule has 38 heavy (non-hydrogen) atoms. The van der Waals surface area contributed by atoms with Crippen LogP contribution in [0.5, 0.6) is 0 Å². The molecule has 1 aromatic carbocycles. The normalized spacial score (nSPS) is 30.4. The first kappa shape index (κ1) is 28.6. The van der Waals surface area contributed by atoms with Crippen LogP contribution in [0.2, 0.25) is 5.02 Å². The van der Waals surface area contributed by atoms with Crippen LogP contribution < -0.4 is 4.90 Å². The average Bonchev–Trinajstić information content (AvgIpc) is 3.50. The van der Waals surface area contributed by atoms with Gasteiger partial charge in [-0.15, -0.1) is 6.58 Å². The molecule has 0 saturated carbocycles. The topological polar surface area (TPSA) is 96.4 Å². The fourth-order valence-electron chi connectivity index (χ4n) is 6.96. The van der Waals surface area contributed by atoms with Crippen LogP contribution in [0.4, 0.5) is 5.69 Å². The molecule has 0 aromatic heterocycles. The maximum atomic E-state index is 14.6. The molecule has 3 aliphatic rings. The number of hydrogen-bond donors (Lipinski definition) is 1. The van der Waals surface area contributed by atoms with Gasteiger partial charge in [-0.2, -0.15) is 0 Å². The lowest BCUT2D eigenvalue weighted by Gasteiger charge is -2.40. The zero-order valence-electron chi connectivity index (χ0n) is 22.7. The summed E-state index contributed by atoms with van der Waals surface area (Å²) in [6.07, 6.45) is 3.65. The van der Waals surface area contributed by atoms with Crippen LogP contribution in [0.1, 0.15) is 53.4 Å². The Labute approximate surface area is 229 Å². The summed E-state index contributed by atoms with van der Waals surface area (Å²) in [5, 5.41) is 11.0. The summed E-state index contributed by atoms with van der Waals surface area (Å²) < 4.78 is 12.2. The maximum Gasteiger partial charge on any atom is 0.312 e. The van der Waals surface area contributed by atoms with Crippen LogP contribution in [0.25, 0.3) is 0 Å².